The van der Waals surface area contributed by atoms with Gasteiger partial charge in [-0.15, -0.1) is 0 Å². The Balaban J connectivity index is 1.72. The summed E-state index contributed by atoms with van der Waals surface area (Å²) in [6, 6.07) is 15.5. The number of allylic oxidation sites excluding steroid dienone is 2. The quantitative estimate of drug-likeness (QED) is 0.628. The molecular formula is C23H26N2O2S. The Labute approximate surface area is 167 Å². The first kappa shape index (κ1) is 18.8. The maximum atomic E-state index is 13.1. The van der Waals surface area contributed by atoms with E-state index in [1.165, 1.54) is 20.8 Å². The fourth-order valence-electron chi connectivity index (χ4n) is 4.35. The molecule has 1 aliphatic rings. The van der Waals surface area contributed by atoms with Crippen molar-refractivity contribution in [2.75, 3.05) is 7.05 Å². The van der Waals surface area contributed by atoms with Crippen molar-refractivity contribution >= 4 is 20.9 Å². The smallest absolute Gasteiger partial charge is 0.263 e. The lowest BCUT2D eigenvalue weighted by atomic mass is 9.93. The molecule has 0 saturated carbocycles. The van der Waals surface area contributed by atoms with Gasteiger partial charge < -0.3 is 4.57 Å². The number of sulfonamides is 1. The normalized spacial score (nSPS) is 17.5. The van der Waals surface area contributed by atoms with E-state index >= 15 is 0 Å². The van der Waals surface area contributed by atoms with Crippen LogP contribution < -0.4 is 0 Å². The number of hydrogen-bond acceptors (Lipinski definition) is 2. The Morgan fingerprint density at radius 2 is 1.71 bits per heavy atom. The van der Waals surface area contributed by atoms with Crippen molar-refractivity contribution in [3.05, 3.63) is 77.1 Å². The van der Waals surface area contributed by atoms with E-state index < -0.39 is 10.0 Å². The molecule has 1 aromatic heterocycles. The minimum atomic E-state index is -3.54. The minimum Gasteiger partial charge on any atom is -0.350 e. The third-order valence-corrected chi connectivity index (χ3v) is 7.82. The molecule has 0 bridgehead atoms. The number of fused-ring (bicyclic) bond motifs is 1. The van der Waals surface area contributed by atoms with E-state index in [9.17, 15) is 8.42 Å². The van der Waals surface area contributed by atoms with E-state index in [1.807, 2.05) is 19.1 Å². The molecule has 5 heteroatoms. The summed E-state index contributed by atoms with van der Waals surface area (Å²) in [4.78, 5) is 0.342. The summed E-state index contributed by atoms with van der Waals surface area (Å²) >= 11 is 0. The molecule has 146 valence electrons. The molecular weight excluding hydrogens is 368 g/mol. The highest BCUT2D eigenvalue weighted by atomic mass is 32.2. The molecule has 0 fully saturated rings. The first-order valence-electron chi connectivity index (χ1n) is 9.60. The van der Waals surface area contributed by atoms with Gasteiger partial charge >= 0.3 is 0 Å². The Morgan fingerprint density at radius 3 is 2.43 bits per heavy atom. The van der Waals surface area contributed by atoms with Crippen molar-refractivity contribution in [1.29, 1.82) is 0 Å². The molecule has 3 aromatic rings. The van der Waals surface area contributed by atoms with Gasteiger partial charge in [-0.1, -0.05) is 35.9 Å². The van der Waals surface area contributed by atoms with Crippen LogP contribution in [0.5, 0.6) is 0 Å². The third kappa shape index (κ3) is 2.94. The van der Waals surface area contributed by atoms with Crippen molar-refractivity contribution < 1.29 is 8.42 Å². The van der Waals surface area contributed by atoms with Gasteiger partial charge in [-0.3, -0.25) is 4.31 Å². The van der Waals surface area contributed by atoms with Gasteiger partial charge in [0.05, 0.1) is 4.90 Å². The highest BCUT2D eigenvalue weighted by molar-refractivity contribution is 7.89. The van der Waals surface area contributed by atoms with Crippen molar-refractivity contribution in [1.82, 2.24) is 8.87 Å². The van der Waals surface area contributed by atoms with Crippen molar-refractivity contribution in [3.8, 4) is 0 Å². The number of rotatable bonds is 4. The Morgan fingerprint density at radius 1 is 1.04 bits per heavy atom. The summed E-state index contributed by atoms with van der Waals surface area (Å²) in [6.45, 7) is 4.04. The fourth-order valence-corrected chi connectivity index (χ4v) is 5.68. The monoisotopic (exact) mass is 394 g/mol. The van der Waals surface area contributed by atoms with Crippen LogP contribution in [0.3, 0.4) is 0 Å². The van der Waals surface area contributed by atoms with E-state index in [1.54, 1.807) is 19.2 Å². The van der Waals surface area contributed by atoms with Gasteiger partial charge in [0.25, 0.3) is 10.0 Å². The first-order chi connectivity index (χ1) is 13.3. The van der Waals surface area contributed by atoms with Crippen LogP contribution in [-0.2, 0) is 17.1 Å². The molecule has 4 nitrogen and oxygen atoms in total. The van der Waals surface area contributed by atoms with E-state index in [0.29, 0.717) is 4.90 Å². The van der Waals surface area contributed by atoms with Gasteiger partial charge in [-0.2, -0.15) is 0 Å². The number of nitrogens with zero attached hydrogens (tertiary/aromatic N) is 2. The molecule has 28 heavy (non-hydrogen) atoms. The predicted molar refractivity (Wildman–Crippen MR) is 114 cm³/mol. The zero-order chi connectivity index (χ0) is 20.1. The fraction of sp³-hybridized carbons (Fsp3) is 0.304. The summed E-state index contributed by atoms with van der Waals surface area (Å²) in [6.07, 6.45) is 3.89. The summed E-state index contributed by atoms with van der Waals surface area (Å²) in [5.74, 6) is 0.247. The van der Waals surface area contributed by atoms with Gasteiger partial charge in [0.1, 0.15) is 0 Å². The van der Waals surface area contributed by atoms with Crippen molar-refractivity contribution in [3.63, 3.8) is 0 Å². The maximum Gasteiger partial charge on any atom is 0.263 e. The second kappa shape index (κ2) is 6.82. The second-order valence-corrected chi connectivity index (χ2v) is 9.69. The Kier molecular flexibility index (Phi) is 4.58. The topological polar surface area (TPSA) is 42.3 Å². The molecule has 0 saturated heterocycles. The molecule has 0 amide bonds. The molecule has 0 spiro atoms. The summed E-state index contributed by atoms with van der Waals surface area (Å²) in [7, 11) is 0.200. The number of aromatic nitrogens is 1. The van der Waals surface area contributed by atoms with Crippen LogP contribution >= 0.6 is 0 Å². The van der Waals surface area contributed by atoms with E-state index in [-0.39, 0.29) is 5.92 Å². The zero-order valence-electron chi connectivity index (χ0n) is 16.8. The van der Waals surface area contributed by atoms with Crippen LogP contribution in [0.2, 0.25) is 0 Å². The predicted octanol–water partition coefficient (Wildman–Crippen LogP) is 4.96. The van der Waals surface area contributed by atoms with Gasteiger partial charge in [0, 0.05) is 42.8 Å². The van der Waals surface area contributed by atoms with Gasteiger partial charge in [0.2, 0.25) is 0 Å². The van der Waals surface area contributed by atoms with E-state index in [0.717, 1.165) is 29.7 Å². The van der Waals surface area contributed by atoms with Crippen molar-refractivity contribution in [2.45, 2.75) is 37.5 Å². The highest BCUT2D eigenvalue weighted by Gasteiger charge is 2.32. The van der Waals surface area contributed by atoms with E-state index in [2.05, 4.69) is 49.0 Å². The average molecular weight is 395 g/mol. The van der Waals surface area contributed by atoms with Gasteiger partial charge in [-0.05, 0) is 56.0 Å². The Hall–Kier alpha value is -2.53. The number of aryl methyl sites for hydroxylation is 2. The van der Waals surface area contributed by atoms with Crippen LogP contribution in [0.25, 0.3) is 10.9 Å². The lowest BCUT2D eigenvalue weighted by Gasteiger charge is -2.22. The SMILES string of the molecule is CC1=C(N(C)S(=O)(=O)c2ccc(C)cc2)CC[C@H]1c1cn(C)c2ccccc12. The summed E-state index contributed by atoms with van der Waals surface area (Å²) in [5, 5.41) is 1.25. The molecule has 0 radical (unpaired) electrons. The number of benzene rings is 2. The number of hydrogen-bond donors (Lipinski definition) is 0. The van der Waals surface area contributed by atoms with Crippen molar-refractivity contribution in [2.24, 2.45) is 7.05 Å². The van der Waals surface area contributed by atoms with Gasteiger partial charge in [0.15, 0.2) is 0 Å². The molecule has 2 aromatic carbocycles. The van der Waals surface area contributed by atoms with Crippen LogP contribution in [0, 0.1) is 6.92 Å². The van der Waals surface area contributed by atoms with Gasteiger partial charge in [-0.25, -0.2) is 8.42 Å². The molecule has 1 aliphatic carbocycles. The standard InChI is InChI=1S/C23H26N2O2S/c1-16-9-11-18(12-10-16)28(26,27)25(4)22-14-13-19(17(22)2)21-15-24(3)23-8-6-5-7-20(21)23/h5-12,15,19H,13-14H2,1-4H3/t19-/m1/s1. The largest absolute Gasteiger partial charge is 0.350 e. The average Bonchev–Trinajstić information content (AvgIpc) is 3.22. The highest BCUT2D eigenvalue weighted by Crippen LogP contribution is 2.44. The second-order valence-electron chi connectivity index (χ2n) is 7.72. The third-order valence-electron chi connectivity index (χ3n) is 6.01. The first-order valence-corrected chi connectivity index (χ1v) is 11.0. The minimum absolute atomic E-state index is 0.247. The van der Waals surface area contributed by atoms with Crippen LogP contribution in [-0.4, -0.2) is 24.3 Å². The Bertz CT molecular complexity index is 1170. The molecule has 0 aliphatic heterocycles. The summed E-state index contributed by atoms with van der Waals surface area (Å²) in [5.41, 5.74) is 5.60. The zero-order valence-corrected chi connectivity index (χ0v) is 17.6. The van der Waals surface area contributed by atoms with Crippen LogP contribution in [0.15, 0.2) is 70.9 Å². The lowest BCUT2D eigenvalue weighted by Crippen LogP contribution is -2.26. The maximum absolute atomic E-state index is 13.1. The number of para-hydroxylation sites is 1. The van der Waals surface area contributed by atoms with E-state index in [4.69, 9.17) is 0 Å². The molecule has 0 N–H and O–H groups in total. The molecule has 4 rings (SSSR count). The van der Waals surface area contributed by atoms with Crippen LogP contribution in [0.4, 0.5) is 0 Å². The molecule has 1 atom stereocenters. The molecule has 1 heterocycles. The molecule has 0 unspecified atom stereocenters. The van der Waals surface area contributed by atoms with Crippen LogP contribution in [0.1, 0.15) is 36.8 Å². The summed E-state index contributed by atoms with van der Waals surface area (Å²) < 4.78 is 29.9. The lowest BCUT2D eigenvalue weighted by molar-refractivity contribution is 0.515.